The molecule has 0 saturated carbocycles. The first-order valence-electron chi connectivity index (χ1n) is 10.7. The summed E-state index contributed by atoms with van der Waals surface area (Å²) in [5.74, 6) is -0.844. The van der Waals surface area contributed by atoms with Crippen molar-refractivity contribution in [1.82, 2.24) is 13.8 Å². The lowest BCUT2D eigenvalue weighted by atomic mass is 10.1. The third-order valence-electron chi connectivity index (χ3n) is 5.79. The zero-order valence-electron chi connectivity index (χ0n) is 17.9. The maximum atomic E-state index is 15.1. The van der Waals surface area contributed by atoms with E-state index in [0.717, 1.165) is 24.6 Å². The lowest BCUT2D eigenvalue weighted by Crippen LogP contribution is -2.18. The predicted molar refractivity (Wildman–Crippen MR) is 135 cm³/mol. The molecule has 1 aliphatic rings. The van der Waals surface area contributed by atoms with Gasteiger partial charge in [0.25, 0.3) is 0 Å². The molecule has 1 unspecified atom stereocenters. The highest BCUT2D eigenvalue weighted by Gasteiger charge is 2.21. The molecule has 174 valence electrons. The van der Waals surface area contributed by atoms with Crippen LogP contribution in [-0.4, -0.2) is 20.4 Å². The van der Waals surface area contributed by atoms with Crippen molar-refractivity contribution in [3.05, 3.63) is 66.0 Å². The van der Waals surface area contributed by atoms with E-state index >= 15 is 4.39 Å². The monoisotopic (exact) mass is 592 g/mol. The molecule has 5 rings (SSSR count). The van der Waals surface area contributed by atoms with Crippen LogP contribution in [0.25, 0.3) is 22.2 Å². The highest BCUT2D eigenvalue weighted by molar-refractivity contribution is 14.2. The molecule has 0 bridgehead atoms. The van der Waals surface area contributed by atoms with Gasteiger partial charge in [0, 0.05) is 71.9 Å². The lowest BCUT2D eigenvalue weighted by molar-refractivity contribution is -0.0393. The number of aromatic nitrogens is 3. The summed E-state index contributed by atoms with van der Waals surface area (Å²) in [4.78, 5) is 0. The molecule has 0 N–H and O–H groups in total. The molecular formula is C24H19F2IN4O2S. The molecule has 1 fully saturated rings. The molecule has 4 aromatic rings. The first-order chi connectivity index (χ1) is 16.6. The number of nitriles is 1. The topological polar surface area (TPSA) is 65.0 Å². The summed E-state index contributed by atoms with van der Waals surface area (Å²) in [5.41, 5.74) is 1.78. The second-order valence-corrected chi connectivity index (χ2v) is 9.60. The van der Waals surface area contributed by atoms with Crippen molar-refractivity contribution < 1.29 is 18.3 Å². The number of hydrogen-bond acceptors (Lipinski definition) is 5. The van der Waals surface area contributed by atoms with Crippen LogP contribution in [0.15, 0.2) is 48.8 Å². The van der Waals surface area contributed by atoms with Crippen LogP contribution in [-0.2, 0) is 11.2 Å². The van der Waals surface area contributed by atoms with Crippen LogP contribution >= 0.6 is 30.3 Å². The van der Waals surface area contributed by atoms with E-state index in [2.05, 4.69) is 32.4 Å². The summed E-state index contributed by atoms with van der Waals surface area (Å²) < 4.78 is 45.0. The van der Waals surface area contributed by atoms with Gasteiger partial charge in [-0.1, -0.05) is 0 Å². The average molecular weight is 592 g/mol. The van der Waals surface area contributed by atoms with E-state index in [1.54, 1.807) is 16.9 Å². The first-order valence-corrected chi connectivity index (χ1v) is 14.0. The van der Waals surface area contributed by atoms with E-state index in [9.17, 15) is 9.65 Å². The van der Waals surface area contributed by atoms with Crippen molar-refractivity contribution >= 4 is 41.2 Å². The van der Waals surface area contributed by atoms with Crippen molar-refractivity contribution in [3.63, 3.8) is 0 Å². The standard InChI is InChI=1S/C24H19F2IN4O2S/c25-19-5-4-15(13-18(19)21-8-10-30(29-21)23-3-1-2-12-32-23)33-24-17(6-9-28)16-7-11-31(34-27)22(16)14-20(24)26/h4-5,7-8,10-11,13-14,23H,1-3,6,12H2. The minimum atomic E-state index is -0.590. The number of hydrogen-bond donors (Lipinski definition) is 0. The SMILES string of the molecule is N#CCc1c(Oc2ccc(F)c(-c3ccn(C4CCCCO4)n3)c2)c(F)cc2c1ccn2SI. The van der Waals surface area contributed by atoms with E-state index in [0.29, 0.717) is 23.4 Å². The van der Waals surface area contributed by atoms with Crippen molar-refractivity contribution in [2.24, 2.45) is 0 Å². The number of nitrogens with zero attached hydrogens (tertiary/aromatic N) is 4. The maximum absolute atomic E-state index is 15.1. The number of halogens is 3. The Balaban J connectivity index is 1.50. The van der Waals surface area contributed by atoms with Crippen LogP contribution in [0.3, 0.4) is 0 Å². The number of benzene rings is 2. The normalized spacial score (nSPS) is 16.0. The van der Waals surface area contributed by atoms with Gasteiger partial charge in [-0.25, -0.2) is 13.5 Å². The second kappa shape index (κ2) is 9.93. The van der Waals surface area contributed by atoms with E-state index in [1.165, 1.54) is 33.4 Å². The molecule has 34 heavy (non-hydrogen) atoms. The highest BCUT2D eigenvalue weighted by atomic mass is 127. The van der Waals surface area contributed by atoms with Crippen LogP contribution in [0.1, 0.15) is 31.1 Å². The summed E-state index contributed by atoms with van der Waals surface area (Å²) >= 11 is 2.11. The van der Waals surface area contributed by atoms with Gasteiger partial charge in [-0.2, -0.15) is 10.4 Å². The van der Waals surface area contributed by atoms with Gasteiger partial charge < -0.3 is 9.47 Å². The molecule has 0 spiro atoms. The molecule has 10 heteroatoms. The minimum absolute atomic E-state index is 0.0284. The minimum Gasteiger partial charge on any atom is -0.454 e. The molecule has 2 aromatic carbocycles. The van der Waals surface area contributed by atoms with Gasteiger partial charge in [-0.15, -0.1) is 0 Å². The molecule has 0 amide bonds. The average Bonchev–Trinajstić information content (AvgIpc) is 3.50. The van der Waals surface area contributed by atoms with Gasteiger partial charge in [-0.05, 0) is 49.6 Å². The van der Waals surface area contributed by atoms with Gasteiger partial charge in [0.15, 0.2) is 11.6 Å². The molecule has 0 radical (unpaired) electrons. The molecule has 6 nitrogen and oxygen atoms in total. The van der Waals surface area contributed by atoms with Gasteiger partial charge in [0.1, 0.15) is 17.8 Å². The Kier molecular flexibility index (Phi) is 6.76. The quantitative estimate of drug-likeness (QED) is 0.222. The molecular weight excluding hydrogens is 573 g/mol. The zero-order chi connectivity index (χ0) is 23.7. The molecule has 1 saturated heterocycles. The van der Waals surface area contributed by atoms with Gasteiger partial charge in [0.2, 0.25) is 0 Å². The largest absolute Gasteiger partial charge is 0.454 e. The van der Waals surface area contributed by atoms with Gasteiger partial charge in [-0.3, -0.25) is 3.97 Å². The number of ether oxygens (including phenoxy) is 2. The van der Waals surface area contributed by atoms with Crippen LogP contribution in [0.4, 0.5) is 8.78 Å². The molecule has 0 aliphatic carbocycles. The Hall–Kier alpha value is -2.62. The smallest absolute Gasteiger partial charge is 0.168 e. The van der Waals surface area contributed by atoms with E-state index in [-0.39, 0.29) is 29.7 Å². The lowest BCUT2D eigenvalue weighted by Gasteiger charge is -2.22. The van der Waals surface area contributed by atoms with Crippen LogP contribution in [0.5, 0.6) is 11.5 Å². The van der Waals surface area contributed by atoms with E-state index in [4.69, 9.17) is 9.47 Å². The molecule has 1 atom stereocenters. The number of fused-ring (bicyclic) bond motifs is 1. The van der Waals surface area contributed by atoms with Crippen molar-refractivity contribution in [2.75, 3.05) is 6.61 Å². The van der Waals surface area contributed by atoms with Gasteiger partial charge >= 0.3 is 0 Å². The van der Waals surface area contributed by atoms with Crippen molar-refractivity contribution in [1.29, 1.82) is 5.26 Å². The van der Waals surface area contributed by atoms with E-state index < -0.39 is 11.6 Å². The predicted octanol–water partition coefficient (Wildman–Crippen LogP) is 7.19. The van der Waals surface area contributed by atoms with Crippen molar-refractivity contribution in [3.8, 4) is 28.8 Å². The number of rotatable bonds is 6. The van der Waals surface area contributed by atoms with E-state index in [1.807, 2.05) is 16.2 Å². The summed E-state index contributed by atoms with van der Waals surface area (Å²) in [6.45, 7) is 0.679. The maximum Gasteiger partial charge on any atom is 0.168 e. The van der Waals surface area contributed by atoms with Gasteiger partial charge in [0.05, 0.1) is 23.7 Å². The second-order valence-electron chi connectivity index (χ2n) is 7.89. The summed E-state index contributed by atoms with van der Waals surface area (Å²) in [6, 6.07) is 11.2. The summed E-state index contributed by atoms with van der Waals surface area (Å²) in [7, 11) is 1.40. The Morgan fingerprint density at radius 2 is 2.06 bits per heavy atom. The molecule has 2 aromatic heterocycles. The molecule has 3 heterocycles. The highest BCUT2D eigenvalue weighted by Crippen LogP contribution is 2.38. The fourth-order valence-corrected chi connectivity index (χ4v) is 5.52. The fourth-order valence-electron chi connectivity index (χ4n) is 4.16. The van der Waals surface area contributed by atoms with Crippen LogP contribution in [0.2, 0.25) is 0 Å². The molecule has 1 aliphatic heterocycles. The Morgan fingerprint density at radius 1 is 1.18 bits per heavy atom. The fraction of sp³-hybridized carbons (Fsp3) is 0.250. The van der Waals surface area contributed by atoms with Crippen LogP contribution in [0, 0.1) is 23.0 Å². The Bertz CT molecular complexity index is 1390. The third-order valence-corrected chi connectivity index (χ3v) is 7.53. The summed E-state index contributed by atoms with van der Waals surface area (Å²) in [5, 5.41) is 14.6. The Morgan fingerprint density at radius 3 is 2.82 bits per heavy atom. The van der Waals surface area contributed by atoms with Crippen molar-refractivity contribution in [2.45, 2.75) is 31.9 Å². The van der Waals surface area contributed by atoms with Crippen LogP contribution < -0.4 is 4.74 Å². The zero-order valence-corrected chi connectivity index (χ0v) is 20.9. The first kappa shape index (κ1) is 23.1. The third kappa shape index (κ3) is 4.39. The summed E-state index contributed by atoms with van der Waals surface area (Å²) in [6.07, 6.45) is 6.33. The Labute approximate surface area is 211 Å².